The summed E-state index contributed by atoms with van der Waals surface area (Å²) in [5, 5.41) is 13.9. The molecule has 1 aliphatic heterocycles. The zero-order valence-corrected chi connectivity index (χ0v) is 15.6. The molecule has 0 aliphatic carbocycles. The average Bonchev–Trinajstić information content (AvgIpc) is 2.74. The van der Waals surface area contributed by atoms with Gasteiger partial charge in [0.15, 0.2) is 0 Å². The lowest BCUT2D eigenvalue weighted by Gasteiger charge is -2.34. The number of rotatable bonds is 4. The largest absolute Gasteiger partial charge is 0.480 e. The first kappa shape index (κ1) is 18.6. The lowest BCUT2D eigenvalue weighted by atomic mass is 9.94. The number of benzene rings is 2. The Hall–Kier alpha value is -3.74. The molecule has 29 heavy (non-hydrogen) atoms. The van der Waals surface area contributed by atoms with E-state index in [1.165, 1.54) is 11.0 Å². The van der Waals surface area contributed by atoms with Gasteiger partial charge in [0.1, 0.15) is 12.6 Å². The third-order valence-corrected chi connectivity index (χ3v) is 5.08. The number of hydrogen-bond acceptors (Lipinski definition) is 4. The Morgan fingerprint density at radius 2 is 1.66 bits per heavy atom. The van der Waals surface area contributed by atoms with Crippen LogP contribution in [0.25, 0.3) is 11.3 Å². The fourth-order valence-corrected chi connectivity index (χ4v) is 3.55. The Labute approximate surface area is 166 Å². The standard InChI is InChI=1S/C22H19N3O4/c26-20-11-10-18(15-6-2-1-3-7-15)23-25(20)14-21(27)24-13-17-9-5-4-8-16(17)12-19(24)22(28)29/h1-11,19H,12-14H2,(H,28,29)/t19-/m1/s1. The monoisotopic (exact) mass is 389 g/mol. The maximum Gasteiger partial charge on any atom is 0.326 e. The second-order valence-electron chi connectivity index (χ2n) is 6.93. The maximum absolute atomic E-state index is 13.0. The molecule has 0 spiro atoms. The van der Waals surface area contributed by atoms with Crippen LogP contribution in [0.5, 0.6) is 0 Å². The van der Waals surface area contributed by atoms with E-state index in [0.717, 1.165) is 21.4 Å². The van der Waals surface area contributed by atoms with Crippen LogP contribution in [0.4, 0.5) is 0 Å². The van der Waals surface area contributed by atoms with Crippen LogP contribution in [0.1, 0.15) is 11.1 Å². The summed E-state index contributed by atoms with van der Waals surface area (Å²) in [6, 6.07) is 18.8. The van der Waals surface area contributed by atoms with Crippen LogP contribution in [0.3, 0.4) is 0 Å². The fourth-order valence-electron chi connectivity index (χ4n) is 3.55. The predicted molar refractivity (Wildman–Crippen MR) is 106 cm³/mol. The van der Waals surface area contributed by atoms with Crippen molar-refractivity contribution in [2.75, 3.05) is 0 Å². The van der Waals surface area contributed by atoms with Gasteiger partial charge in [-0.15, -0.1) is 0 Å². The average molecular weight is 389 g/mol. The van der Waals surface area contributed by atoms with E-state index in [-0.39, 0.29) is 19.5 Å². The molecule has 0 saturated carbocycles. The molecule has 7 heteroatoms. The molecule has 0 bridgehead atoms. The van der Waals surface area contributed by atoms with Crippen LogP contribution in [0.2, 0.25) is 0 Å². The molecule has 0 saturated heterocycles. The number of fused-ring (bicyclic) bond motifs is 1. The third kappa shape index (κ3) is 3.80. The van der Waals surface area contributed by atoms with Crippen LogP contribution in [0, 0.1) is 0 Å². The number of carboxylic acids is 1. The molecule has 1 aliphatic rings. The summed E-state index contributed by atoms with van der Waals surface area (Å²) in [6.45, 7) is -0.120. The first-order valence-electron chi connectivity index (χ1n) is 9.25. The summed E-state index contributed by atoms with van der Waals surface area (Å²) in [7, 11) is 0. The van der Waals surface area contributed by atoms with Crippen molar-refractivity contribution >= 4 is 11.9 Å². The van der Waals surface area contributed by atoms with E-state index in [9.17, 15) is 19.5 Å². The summed E-state index contributed by atoms with van der Waals surface area (Å²) in [6.07, 6.45) is 0.240. The zero-order chi connectivity index (χ0) is 20.4. The Kier molecular flexibility index (Phi) is 4.95. The van der Waals surface area contributed by atoms with Crippen LogP contribution >= 0.6 is 0 Å². The van der Waals surface area contributed by atoms with Crippen LogP contribution in [-0.2, 0) is 29.1 Å². The number of carboxylic acid groups (broad SMARTS) is 1. The first-order chi connectivity index (χ1) is 14.0. The summed E-state index contributed by atoms with van der Waals surface area (Å²) < 4.78 is 1.09. The van der Waals surface area contributed by atoms with Gasteiger partial charge in [-0.25, -0.2) is 9.48 Å². The van der Waals surface area contributed by atoms with E-state index in [1.807, 2.05) is 54.6 Å². The number of carbonyl (C=O) groups excluding carboxylic acids is 1. The minimum Gasteiger partial charge on any atom is -0.480 e. The SMILES string of the molecule is O=C(O)[C@H]1Cc2ccccc2CN1C(=O)Cn1nc(-c2ccccc2)ccc1=O. The topological polar surface area (TPSA) is 92.5 Å². The van der Waals surface area contributed by atoms with Crippen molar-refractivity contribution in [1.82, 2.24) is 14.7 Å². The molecule has 1 N–H and O–H groups in total. The third-order valence-electron chi connectivity index (χ3n) is 5.08. The van der Waals surface area contributed by atoms with E-state index in [1.54, 1.807) is 6.07 Å². The molecule has 7 nitrogen and oxygen atoms in total. The first-order valence-corrected chi connectivity index (χ1v) is 9.25. The van der Waals surface area contributed by atoms with E-state index in [0.29, 0.717) is 5.69 Å². The molecular weight excluding hydrogens is 370 g/mol. The van der Waals surface area contributed by atoms with E-state index < -0.39 is 23.5 Å². The summed E-state index contributed by atoms with van der Waals surface area (Å²) in [5.74, 6) is -1.52. The molecule has 0 fully saturated rings. The van der Waals surface area contributed by atoms with Crippen molar-refractivity contribution < 1.29 is 14.7 Å². The van der Waals surface area contributed by atoms with Crippen molar-refractivity contribution in [2.45, 2.75) is 25.6 Å². The number of hydrogen-bond donors (Lipinski definition) is 1. The van der Waals surface area contributed by atoms with Gasteiger partial charge in [0.2, 0.25) is 5.91 Å². The van der Waals surface area contributed by atoms with Gasteiger partial charge in [-0.3, -0.25) is 9.59 Å². The molecule has 1 atom stereocenters. The van der Waals surface area contributed by atoms with Crippen LogP contribution in [-0.4, -0.2) is 37.7 Å². The molecule has 0 radical (unpaired) electrons. The van der Waals surface area contributed by atoms with Gasteiger partial charge in [0.25, 0.3) is 5.56 Å². The number of amides is 1. The Morgan fingerprint density at radius 3 is 2.38 bits per heavy atom. The van der Waals surface area contributed by atoms with Crippen LogP contribution in [0.15, 0.2) is 71.5 Å². The van der Waals surface area contributed by atoms with Crippen LogP contribution < -0.4 is 5.56 Å². The number of aromatic nitrogens is 2. The smallest absolute Gasteiger partial charge is 0.326 e. The Morgan fingerprint density at radius 1 is 0.966 bits per heavy atom. The molecule has 4 rings (SSSR count). The zero-order valence-electron chi connectivity index (χ0n) is 15.6. The molecular formula is C22H19N3O4. The van der Waals surface area contributed by atoms with E-state index in [2.05, 4.69) is 5.10 Å². The van der Waals surface area contributed by atoms with Crippen molar-refractivity contribution in [1.29, 1.82) is 0 Å². The lowest BCUT2D eigenvalue weighted by molar-refractivity contribution is -0.151. The summed E-state index contributed by atoms with van der Waals surface area (Å²) >= 11 is 0. The van der Waals surface area contributed by atoms with Crippen molar-refractivity contribution in [3.05, 3.63) is 88.2 Å². The highest BCUT2D eigenvalue weighted by atomic mass is 16.4. The van der Waals surface area contributed by atoms with Gasteiger partial charge >= 0.3 is 5.97 Å². The maximum atomic E-state index is 13.0. The minimum absolute atomic E-state index is 0.194. The molecule has 1 amide bonds. The van der Waals surface area contributed by atoms with Gasteiger partial charge in [-0.05, 0) is 17.2 Å². The minimum atomic E-state index is -1.06. The molecule has 1 aromatic heterocycles. The molecule has 2 aromatic carbocycles. The van der Waals surface area contributed by atoms with E-state index >= 15 is 0 Å². The number of aliphatic carboxylic acids is 1. The van der Waals surface area contributed by atoms with Crippen molar-refractivity contribution in [3.63, 3.8) is 0 Å². The fraction of sp³-hybridized carbons (Fsp3) is 0.182. The second-order valence-corrected chi connectivity index (χ2v) is 6.93. The van der Waals surface area contributed by atoms with E-state index in [4.69, 9.17) is 0 Å². The molecule has 0 unspecified atom stereocenters. The normalized spacial score (nSPS) is 15.6. The number of nitrogens with zero attached hydrogens (tertiary/aromatic N) is 3. The highest BCUT2D eigenvalue weighted by Gasteiger charge is 2.34. The van der Waals surface area contributed by atoms with Gasteiger partial charge in [0, 0.05) is 24.6 Å². The molecule has 3 aromatic rings. The van der Waals surface area contributed by atoms with Gasteiger partial charge < -0.3 is 10.0 Å². The Bertz CT molecular complexity index is 1120. The highest BCUT2D eigenvalue weighted by Crippen LogP contribution is 2.24. The van der Waals surface area contributed by atoms with Gasteiger partial charge in [-0.2, -0.15) is 5.10 Å². The van der Waals surface area contributed by atoms with Crippen molar-refractivity contribution in [2.24, 2.45) is 0 Å². The lowest BCUT2D eigenvalue weighted by Crippen LogP contribution is -2.50. The second kappa shape index (κ2) is 7.71. The number of carbonyl (C=O) groups is 2. The summed E-state index contributed by atoms with van der Waals surface area (Å²) in [5.41, 5.74) is 2.81. The Balaban J connectivity index is 1.62. The molecule has 146 valence electrons. The predicted octanol–water partition coefficient (Wildman–Crippen LogP) is 1.95. The molecule has 2 heterocycles. The summed E-state index contributed by atoms with van der Waals surface area (Å²) in [4.78, 5) is 38.3. The highest BCUT2D eigenvalue weighted by molar-refractivity contribution is 5.84. The van der Waals surface area contributed by atoms with Gasteiger partial charge in [-0.1, -0.05) is 54.6 Å². The quantitative estimate of drug-likeness (QED) is 0.736. The van der Waals surface area contributed by atoms with Crippen molar-refractivity contribution in [3.8, 4) is 11.3 Å². The van der Waals surface area contributed by atoms with Gasteiger partial charge in [0.05, 0.1) is 5.69 Å².